The van der Waals surface area contributed by atoms with E-state index in [4.69, 9.17) is 9.84 Å². The summed E-state index contributed by atoms with van der Waals surface area (Å²) in [5.74, 6) is 0. The topological polar surface area (TPSA) is 75.6 Å². The van der Waals surface area contributed by atoms with Gasteiger partial charge in [0, 0.05) is 17.1 Å². The molecule has 1 aliphatic rings. The number of ether oxygens (including phenoxy) is 1. The molecule has 1 aromatic carbocycles. The summed E-state index contributed by atoms with van der Waals surface area (Å²) in [7, 11) is -3.61. The van der Waals surface area contributed by atoms with E-state index in [0.717, 1.165) is 12.8 Å². The van der Waals surface area contributed by atoms with Crippen molar-refractivity contribution in [3.8, 4) is 0 Å². The molecule has 2 atom stereocenters. The zero-order valence-corrected chi connectivity index (χ0v) is 13.6. The number of sulfonamides is 1. The fourth-order valence-electron chi connectivity index (χ4n) is 2.24. The predicted molar refractivity (Wildman–Crippen MR) is 78.8 cm³/mol. The van der Waals surface area contributed by atoms with E-state index in [1.165, 1.54) is 6.07 Å². The number of nitrogens with one attached hydrogen (secondary N) is 1. The van der Waals surface area contributed by atoms with Gasteiger partial charge in [0.1, 0.15) is 0 Å². The van der Waals surface area contributed by atoms with Gasteiger partial charge >= 0.3 is 0 Å². The van der Waals surface area contributed by atoms with Crippen LogP contribution in [0.3, 0.4) is 0 Å². The SMILES string of the molecule is CC(NS(=O)(=O)c1ccc(CO)cc1Br)C1CCCO1. The zero-order chi connectivity index (χ0) is 14.8. The average Bonchev–Trinajstić information content (AvgIpc) is 2.91. The van der Waals surface area contributed by atoms with Gasteiger partial charge in [-0.15, -0.1) is 0 Å². The van der Waals surface area contributed by atoms with Crippen LogP contribution in [0.2, 0.25) is 0 Å². The third kappa shape index (κ3) is 3.59. The summed E-state index contributed by atoms with van der Waals surface area (Å²) < 4.78 is 33.3. The van der Waals surface area contributed by atoms with Gasteiger partial charge in [0.05, 0.1) is 17.6 Å². The Morgan fingerprint density at radius 3 is 2.85 bits per heavy atom. The minimum Gasteiger partial charge on any atom is -0.392 e. The number of hydrogen-bond donors (Lipinski definition) is 2. The molecule has 0 bridgehead atoms. The number of aliphatic hydroxyl groups excluding tert-OH is 1. The highest BCUT2D eigenvalue weighted by atomic mass is 79.9. The molecule has 0 aliphatic carbocycles. The molecule has 2 rings (SSSR count). The Bertz CT molecular complexity index is 570. The first-order chi connectivity index (χ1) is 9.44. The number of benzene rings is 1. The van der Waals surface area contributed by atoms with Gasteiger partial charge in [-0.25, -0.2) is 13.1 Å². The van der Waals surface area contributed by atoms with Crippen LogP contribution in [0.4, 0.5) is 0 Å². The first kappa shape index (κ1) is 15.9. The van der Waals surface area contributed by atoms with Crippen molar-refractivity contribution >= 4 is 26.0 Å². The molecule has 5 nitrogen and oxygen atoms in total. The van der Waals surface area contributed by atoms with Crippen molar-refractivity contribution in [3.05, 3.63) is 28.2 Å². The van der Waals surface area contributed by atoms with Gasteiger partial charge in [0.15, 0.2) is 0 Å². The van der Waals surface area contributed by atoms with Crippen LogP contribution < -0.4 is 4.72 Å². The fourth-order valence-corrected chi connectivity index (χ4v) is 4.64. The van der Waals surface area contributed by atoms with E-state index in [1.54, 1.807) is 12.1 Å². The molecule has 1 aliphatic heterocycles. The molecular weight excluding hydrogens is 346 g/mol. The first-order valence-corrected chi connectivity index (χ1v) is 8.75. The van der Waals surface area contributed by atoms with Crippen LogP contribution in [0.25, 0.3) is 0 Å². The van der Waals surface area contributed by atoms with E-state index in [9.17, 15) is 8.42 Å². The van der Waals surface area contributed by atoms with E-state index in [2.05, 4.69) is 20.7 Å². The van der Waals surface area contributed by atoms with Crippen LogP contribution in [0.15, 0.2) is 27.6 Å². The lowest BCUT2D eigenvalue weighted by Crippen LogP contribution is -2.40. The summed E-state index contributed by atoms with van der Waals surface area (Å²) in [6, 6.07) is 4.41. The molecule has 1 fully saturated rings. The summed E-state index contributed by atoms with van der Waals surface area (Å²) in [6.45, 7) is 2.37. The highest BCUT2D eigenvalue weighted by molar-refractivity contribution is 9.10. The van der Waals surface area contributed by atoms with Crippen LogP contribution in [0.1, 0.15) is 25.3 Å². The summed E-state index contributed by atoms with van der Waals surface area (Å²) in [6.07, 6.45) is 1.76. The Hall–Kier alpha value is -0.470. The van der Waals surface area contributed by atoms with Crippen LogP contribution in [-0.4, -0.2) is 32.3 Å². The monoisotopic (exact) mass is 363 g/mol. The lowest BCUT2D eigenvalue weighted by Gasteiger charge is -2.20. The molecule has 0 spiro atoms. The van der Waals surface area contributed by atoms with Crippen LogP contribution >= 0.6 is 15.9 Å². The Morgan fingerprint density at radius 2 is 2.30 bits per heavy atom. The normalized spacial score (nSPS) is 21.1. The maximum absolute atomic E-state index is 12.4. The maximum atomic E-state index is 12.4. The predicted octanol–water partition coefficient (Wildman–Crippen LogP) is 1.79. The number of halogens is 1. The molecule has 20 heavy (non-hydrogen) atoms. The van der Waals surface area contributed by atoms with Crippen molar-refractivity contribution in [2.75, 3.05) is 6.61 Å². The fraction of sp³-hybridized carbons (Fsp3) is 0.538. The molecule has 1 saturated heterocycles. The van der Waals surface area contributed by atoms with Gasteiger partial charge in [-0.2, -0.15) is 0 Å². The van der Waals surface area contributed by atoms with Crippen LogP contribution in [0, 0.1) is 0 Å². The quantitative estimate of drug-likeness (QED) is 0.835. The zero-order valence-electron chi connectivity index (χ0n) is 11.2. The lowest BCUT2D eigenvalue weighted by molar-refractivity contribution is 0.0902. The molecule has 0 amide bonds. The van der Waals surface area contributed by atoms with E-state index in [0.29, 0.717) is 16.6 Å². The molecule has 0 aromatic heterocycles. The Kier molecular flexibility index (Phi) is 5.19. The van der Waals surface area contributed by atoms with Gasteiger partial charge in [0.25, 0.3) is 0 Å². The Morgan fingerprint density at radius 1 is 1.55 bits per heavy atom. The Balaban J connectivity index is 2.17. The van der Waals surface area contributed by atoms with Crippen molar-refractivity contribution in [2.24, 2.45) is 0 Å². The van der Waals surface area contributed by atoms with Crippen molar-refractivity contribution in [1.82, 2.24) is 4.72 Å². The second kappa shape index (κ2) is 6.53. The number of hydrogen-bond acceptors (Lipinski definition) is 4. The highest BCUT2D eigenvalue weighted by Gasteiger charge is 2.27. The van der Waals surface area contributed by atoms with Gasteiger partial charge in [-0.1, -0.05) is 6.07 Å². The maximum Gasteiger partial charge on any atom is 0.242 e. The average molecular weight is 364 g/mol. The molecule has 2 unspecified atom stereocenters. The molecule has 7 heteroatoms. The van der Waals surface area contributed by atoms with Crippen molar-refractivity contribution < 1.29 is 18.3 Å². The summed E-state index contributed by atoms with van der Waals surface area (Å²) in [5.41, 5.74) is 0.656. The molecule has 1 heterocycles. The molecule has 1 aromatic rings. The van der Waals surface area contributed by atoms with Crippen molar-refractivity contribution in [2.45, 2.75) is 43.4 Å². The largest absolute Gasteiger partial charge is 0.392 e. The van der Waals surface area contributed by atoms with Gasteiger partial charge in [-0.05, 0) is 53.4 Å². The number of rotatable bonds is 5. The van der Waals surface area contributed by atoms with Crippen LogP contribution in [-0.2, 0) is 21.4 Å². The van der Waals surface area contributed by atoms with E-state index in [1.807, 2.05) is 6.92 Å². The Labute approximate surface area is 127 Å². The number of aliphatic hydroxyl groups is 1. The molecular formula is C13H18BrNO4S. The minimum absolute atomic E-state index is 0.0692. The molecule has 0 saturated carbocycles. The van der Waals surface area contributed by atoms with Gasteiger partial charge in [0.2, 0.25) is 10.0 Å². The molecule has 2 N–H and O–H groups in total. The van der Waals surface area contributed by atoms with Gasteiger partial charge < -0.3 is 9.84 Å². The smallest absolute Gasteiger partial charge is 0.242 e. The second-order valence-electron chi connectivity index (χ2n) is 4.88. The second-order valence-corrected chi connectivity index (χ2v) is 7.42. The minimum atomic E-state index is -3.61. The summed E-state index contributed by atoms with van der Waals surface area (Å²) in [5, 5.41) is 9.04. The third-order valence-electron chi connectivity index (χ3n) is 3.33. The van der Waals surface area contributed by atoms with E-state index >= 15 is 0 Å². The van der Waals surface area contributed by atoms with Crippen molar-refractivity contribution in [1.29, 1.82) is 0 Å². The van der Waals surface area contributed by atoms with E-state index < -0.39 is 10.0 Å². The first-order valence-electron chi connectivity index (χ1n) is 6.47. The standard InChI is InChI=1S/C13H18BrNO4S/c1-9(12-3-2-6-19-12)15-20(17,18)13-5-4-10(8-16)7-11(13)14/h4-5,7,9,12,15-16H,2-3,6,8H2,1H3. The third-order valence-corrected chi connectivity index (χ3v) is 5.87. The summed E-state index contributed by atoms with van der Waals surface area (Å²) >= 11 is 3.24. The lowest BCUT2D eigenvalue weighted by atomic mass is 10.1. The van der Waals surface area contributed by atoms with E-state index in [-0.39, 0.29) is 23.6 Å². The molecule has 112 valence electrons. The molecule has 0 radical (unpaired) electrons. The summed E-state index contributed by atoms with van der Waals surface area (Å²) in [4.78, 5) is 0.166. The van der Waals surface area contributed by atoms with Crippen LogP contribution in [0.5, 0.6) is 0 Å². The highest BCUT2D eigenvalue weighted by Crippen LogP contribution is 2.24. The van der Waals surface area contributed by atoms with Gasteiger partial charge in [-0.3, -0.25) is 0 Å². The van der Waals surface area contributed by atoms with Crippen molar-refractivity contribution in [3.63, 3.8) is 0 Å².